The molecule has 3 saturated heterocycles. The van der Waals surface area contributed by atoms with Gasteiger partial charge in [0.1, 0.15) is 0 Å². The van der Waals surface area contributed by atoms with Crippen molar-refractivity contribution < 1.29 is 8.42 Å². The third-order valence-electron chi connectivity index (χ3n) is 5.03. The molecule has 0 amide bonds. The van der Waals surface area contributed by atoms with Crippen LogP contribution in [0, 0.1) is 11.8 Å². The molecule has 102 valence electrons. The molecule has 1 aromatic carbocycles. The summed E-state index contributed by atoms with van der Waals surface area (Å²) in [6, 6.07) is 9.31. The molecule has 4 nitrogen and oxygen atoms in total. The molecule has 5 heteroatoms. The Morgan fingerprint density at radius 3 is 2.16 bits per heavy atom. The van der Waals surface area contributed by atoms with Gasteiger partial charge in [0.05, 0.1) is 4.90 Å². The number of fused-ring (bicyclic) bond motifs is 5. The maximum Gasteiger partial charge on any atom is 0.243 e. The number of nitrogens with zero attached hydrogens (tertiary/aromatic N) is 1. The number of rotatable bonds is 2. The minimum atomic E-state index is -3.31. The molecular formula is C14H18N2O2S. The van der Waals surface area contributed by atoms with Crippen LogP contribution in [0.25, 0.3) is 0 Å². The zero-order valence-electron chi connectivity index (χ0n) is 10.7. The predicted molar refractivity (Wildman–Crippen MR) is 72.1 cm³/mol. The van der Waals surface area contributed by atoms with Gasteiger partial charge in [0.15, 0.2) is 0 Å². The number of sulfonamides is 1. The Kier molecular flexibility index (Phi) is 2.53. The summed E-state index contributed by atoms with van der Waals surface area (Å²) in [5.41, 5.74) is 0. The van der Waals surface area contributed by atoms with Gasteiger partial charge in [-0.05, 0) is 49.9 Å². The average Bonchev–Trinajstić information content (AvgIpc) is 3.11. The first-order chi connectivity index (χ1) is 9.19. The minimum Gasteiger partial charge on any atom is -0.316 e. The first-order valence-corrected chi connectivity index (χ1v) is 8.43. The predicted octanol–water partition coefficient (Wildman–Crippen LogP) is 1.06. The van der Waals surface area contributed by atoms with E-state index in [2.05, 4.69) is 5.32 Å². The van der Waals surface area contributed by atoms with E-state index < -0.39 is 10.0 Å². The Labute approximate surface area is 113 Å². The van der Waals surface area contributed by atoms with Crippen molar-refractivity contribution in [2.75, 3.05) is 13.1 Å². The summed E-state index contributed by atoms with van der Waals surface area (Å²) in [5.74, 6) is 1.05. The fourth-order valence-corrected chi connectivity index (χ4v) is 6.26. The normalized spacial score (nSPS) is 37.7. The highest BCUT2D eigenvalue weighted by Crippen LogP contribution is 2.49. The summed E-state index contributed by atoms with van der Waals surface area (Å²) in [6.07, 6.45) is 2.05. The largest absolute Gasteiger partial charge is 0.316 e. The van der Waals surface area contributed by atoms with Crippen LogP contribution in [0.1, 0.15) is 12.8 Å². The van der Waals surface area contributed by atoms with Gasteiger partial charge in [0.2, 0.25) is 10.0 Å². The molecule has 1 N–H and O–H groups in total. The zero-order valence-corrected chi connectivity index (χ0v) is 11.5. The second-order valence-electron chi connectivity index (χ2n) is 5.85. The van der Waals surface area contributed by atoms with E-state index in [4.69, 9.17) is 0 Å². The molecule has 4 atom stereocenters. The zero-order chi connectivity index (χ0) is 13.0. The lowest BCUT2D eigenvalue weighted by Gasteiger charge is -2.23. The van der Waals surface area contributed by atoms with Gasteiger partial charge in [-0.3, -0.25) is 0 Å². The molecule has 0 aromatic heterocycles. The van der Waals surface area contributed by atoms with Crippen LogP contribution in [0.3, 0.4) is 0 Å². The average molecular weight is 278 g/mol. The van der Waals surface area contributed by atoms with E-state index in [0.717, 1.165) is 25.9 Å². The Hall–Kier alpha value is -0.910. The monoisotopic (exact) mass is 278 g/mol. The number of benzene rings is 1. The van der Waals surface area contributed by atoms with Crippen molar-refractivity contribution in [1.29, 1.82) is 0 Å². The second-order valence-corrected chi connectivity index (χ2v) is 7.69. The van der Waals surface area contributed by atoms with E-state index in [1.807, 2.05) is 10.4 Å². The Morgan fingerprint density at radius 2 is 1.58 bits per heavy atom. The van der Waals surface area contributed by atoms with E-state index in [-0.39, 0.29) is 12.1 Å². The molecule has 3 heterocycles. The van der Waals surface area contributed by atoms with Gasteiger partial charge < -0.3 is 5.32 Å². The van der Waals surface area contributed by atoms with Crippen LogP contribution in [0.5, 0.6) is 0 Å². The summed E-state index contributed by atoms with van der Waals surface area (Å²) in [6.45, 7) is 1.96. The van der Waals surface area contributed by atoms with Crippen molar-refractivity contribution >= 4 is 10.0 Å². The number of nitrogens with one attached hydrogen (secondary N) is 1. The molecule has 3 aliphatic heterocycles. The molecule has 0 saturated carbocycles. The highest BCUT2D eigenvalue weighted by Gasteiger charge is 2.58. The van der Waals surface area contributed by atoms with Gasteiger partial charge in [-0.25, -0.2) is 8.42 Å². The van der Waals surface area contributed by atoms with Crippen LogP contribution in [0.15, 0.2) is 35.2 Å². The van der Waals surface area contributed by atoms with Gasteiger partial charge in [-0.15, -0.1) is 0 Å². The Morgan fingerprint density at radius 1 is 1.00 bits per heavy atom. The first-order valence-electron chi connectivity index (χ1n) is 6.99. The molecule has 1 aromatic rings. The lowest BCUT2D eigenvalue weighted by Crippen LogP contribution is -2.39. The summed E-state index contributed by atoms with van der Waals surface area (Å²) in [4.78, 5) is 0.444. The van der Waals surface area contributed by atoms with Gasteiger partial charge in [-0.1, -0.05) is 18.2 Å². The standard InChI is InChI=1S/C14H18N2O2S/c17-19(18,10-4-2-1-3-5-10)16-13-6-7-14(16)12-9-15-8-11(12)13/h1-5,11-15H,6-9H2/t11-,12+,13+,14-. The SMILES string of the molecule is O=S(=O)(c1ccccc1)N1[C@@H]2CC[C@H]1[C@@H]1CNC[C@@H]12. The molecule has 0 aliphatic carbocycles. The van der Waals surface area contributed by atoms with Gasteiger partial charge in [0.25, 0.3) is 0 Å². The molecule has 2 bridgehead atoms. The molecular weight excluding hydrogens is 260 g/mol. The van der Waals surface area contributed by atoms with E-state index in [0.29, 0.717) is 16.7 Å². The quantitative estimate of drug-likeness (QED) is 0.880. The highest BCUT2D eigenvalue weighted by molar-refractivity contribution is 7.89. The van der Waals surface area contributed by atoms with Crippen LogP contribution < -0.4 is 5.32 Å². The summed E-state index contributed by atoms with van der Waals surface area (Å²) in [5, 5.41) is 3.42. The molecule has 0 unspecified atom stereocenters. The van der Waals surface area contributed by atoms with Crippen molar-refractivity contribution in [2.45, 2.75) is 29.8 Å². The fourth-order valence-electron chi connectivity index (χ4n) is 4.28. The van der Waals surface area contributed by atoms with Crippen molar-refractivity contribution in [3.8, 4) is 0 Å². The first kappa shape index (κ1) is 11.9. The van der Waals surface area contributed by atoms with Crippen LogP contribution in [-0.4, -0.2) is 37.9 Å². The van der Waals surface area contributed by atoms with E-state index >= 15 is 0 Å². The highest BCUT2D eigenvalue weighted by atomic mass is 32.2. The van der Waals surface area contributed by atoms with E-state index in [1.165, 1.54) is 0 Å². The summed E-state index contributed by atoms with van der Waals surface area (Å²) in [7, 11) is -3.31. The lowest BCUT2D eigenvalue weighted by atomic mass is 9.82. The summed E-state index contributed by atoms with van der Waals surface area (Å²) >= 11 is 0. The van der Waals surface area contributed by atoms with Gasteiger partial charge >= 0.3 is 0 Å². The summed E-state index contributed by atoms with van der Waals surface area (Å²) < 4.78 is 27.5. The molecule has 19 heavy (non-hydrogen) atoms. The fraction of sp³-hybridized carbons (Fsp3) is 0.571. The third-order valence-corrected chi connectivity index (χ3v) is 6.99. The van der Waals surface area contributed by atoms with Crippen molar-refractivity contribution in [3.05, 3.63) is 30.3 Å². The molecule has 3 fully saturated rings. The minimum absolute atomic E-state index is 0.218. The van der Waals surface area contributed by atoms with Gasteiger partial charge in [-0.2, -0.15) is 4.31 Å². The smallest absolute Gasteiger partial charge is 0.243 e. The van der Waals surface area contributed by atoms with E-state index in [1.54, 1.807) is 24.3 Å². The van der Waals surface area contributed by atoms with Crippen molar-refractivity contribution in [1.82, 2.24) is 9.62 Å². The van der Waals surface area contributed by atoms with Crippen LogP contribution in [-0.2, 0) is 10.0 Å². The van der Waals surface area contributed by atoms with Crippen LogP contribution in [0.4, 0.5) is 0 Å². The van der Waals surface area contributed by atoms with Crippen LogP contribution >= 0.6 is 0 Å². The third kappa shape index (κ3) is 1.55. The molecule has 0 radical (unpaired) electrons. The maximum absolute atomic E-state index is 12.8. The van der Waals surface area contributed by atoms with Crippen molar-refractivity contribution in [2.24, 2.45) is 11.8 Å². The molecule has 3 aliphatic rings. The Balaban J connectivity index is 1.74. The molecule has 0 spiro atoms. The van der Waals surface area contributed by atoms with Crippen molar-refractivity contribution in [3.63, 3.8) is 0 Å². The van der Waals surface area contributed by atoms with Gasteiger partial charge in [0, 0.05) is 12.1 Å². The topological polar surface area (TPSA) is 49.4 Å². The van der Waals surface area contributed by atoms with Crippen LogP contribution in [0.2, 0.25) is 0 Å². The maximum atomic E-state index is 12.8. The Bertz CT molecular complexity index is 569. The number of hydrogen-bond acceptors (Lipinski definition) is 3. The lowest BCUT2D eigenvalue weighted by molar-refractivity contribution is 0.354. The second kappa shape index (κ2) is 4.04. The number of hydrogen-bond donors (Lipinski definition) is 1. The molecule has 4 rings (SSSR count). The van der Waals surface area contributed by atoms with E-state index in [9.17, 15) is 8.42 Å².